The predicted molar refractivity (Wildman–Crippen MR) is 252 cm³/mol. The van der Waals surface area contributed by atoms with Crippen LogP contribution >= 0.6 is 23.5 Å². The maximum atomic E-state index is 13.1. The van der Waals surface area contributed by atoms with Crippen LogP contribution in [0.2, 0.25) is 0 Å². The number of ketones is 1. The molecule has 1 aromatic carbocycles. The number of hydrogen-bond acceptors (Lipinski definition) is 22. The monoisotopic (exact) mass is 1090 g/mol. The van der Waals surface area contributed by atoms with Gasteiger partial charge in [-0.3, -0.25) is 32.9 Å². The first-order valence-electron chi connectivity index (χ1n) is 23.5. The number of ether oxygens (including phenoxy) is 1. The predicted octanol–water partition coefficient (Wildman–Crippen LogP) is 1.49. The Kier molecular flexibility index (Phi) is 22.0. The zero-order chi connectivity index (χ0) is 54.6. The Balaban J connectivity index is 1.13. The molecule has 26 nitrogen and oxygen atoms in total. The third-order valence-corrected chi connectivity index (χ3v) is 15.4. The maximum absolute atomic E-state index is 13.1. The van der Waals surface area contributed by atoms with E-state index in [9.17, 15) is 67.8 Å². The molecule has 3 heterocycles. The lowest BCUT2D eigenvalue weighted by Crippen LogP contribution is -2.46. The SMILES string of the molecule is CC(C)(CCCCc1ccccc1CCCCCC(C)(C)C(=O)CCNC(=O)CCNC(=O)C(O)C(C)(C)COP(=O)([O-])OP(=O)([O-])OCC1OC(n2cnc3c(N)ncnc32)C(O)C1OP(=O)([O-])[O-])C(=O)O. The molecule has 0 spiro atoms. The summed E-state index contributed by atoms with van der Waals surface area (Å²) < 4.78 is 61.0. The largest absolute Gasteiger partial charge is 0.790 e. The number of anilines is 1. The lowest BCUT2D eigenvalue weighted by Gasteiger charge is -2.36. The number of carboxylic acid groups (broad SMARTS) is 1. The number of hydrogen-bond donors (Lipinski definition) is 6. The molecule has 0 saturated carbocycles. The van der Waals surface area contributed by atoms with Crippen LogP contribution in [-0.4, -0.2) is 109 Å². The number of phosphoric acid groups is 3. The van der Waals surface area contributed by atoms with Crippen molar-refractivity contribution in [2.45, 2.75) is 143 Å². The Morgan fingerprint density at radius 2 is 1.42 bits per heavy atom. The highest BCUT2D eigenvalue weighted by atomic mass is 31.3. The van der Waals surface area contributed by atoms with Crippen LogP contribution in [0.3, 0.4) is 0 Å². The molecule has 7 atom stereocenters. The summed E-state index contributed by atoms with van der Waals surface area (Å²) in [5, 5.41) is 35.9. The van der Waals surface area contributed by atoms with Crippen molar-refractivity contribution in [3.63, 3.8) is 0 Å². The van der Waals surface area contributed by atoms with E-state index < -0.39 is 101 Å². The van der Waals surface area contributed by atoms with Gasteiger partial charge in [0.2, 0.25) is 11.8 Å². The summed E-state index contributed by atoms with van der Waals surface area (Å²) in [7, 11) is -17.7. The number of aromatic nitrogens is 4. The van der Waals surface area contributed by atoms with E-state index in [0.717, 1.165) is 62.2 Å². The standard InChI is InChI=1S/C44H70N7O19P3/c1-42(2,20-12-7-8-14-28-15-9-10-16-29(28)17-11-13-21-43(3,4)41(57)58)31(52)18-22-46-32(53)19-23-47-39(56)36(55)44(5,6)25-67-73(64,65)70-72(62,63)66-24-30-35(69-71(59,60)61)34(54)40(68-30)51-27-50-33-37(45)48-26-49-38(33)51/h9-10,15-16,26-27,30,34-36,40,54-55H,7-8,11-14,17-25H2,1-6H3,(H,46,53)(H,47,56)(H,57,58)(H,62,63)(H,64,65)(H2,45,48,49)(H2,59,60,61)/p-4. The van der Waals surface area contributed by atoms with Gasteiger partial charge in [0.1, 0.15) is 42.0 Å². The molecule has 1 aliphatic rings. The molecule has 1 saturated heterocycles. The molecule has 3 aromatic rings. The summed E-state index contributed by atoms with van der Waals surface area (Å²) in [5.74, 6) is -2.43. The summed E-state index contributed by atoms with van der Waals surface area (Å²) in [6.45, 7) is 7.11. The number of nitrogens with one attached hydrogen (secondary N) is 2. The zero-order valence-electron chi connectivity index (χ0n) is 41.5. The van der Waals surface area contributed by atoms with Crippen LogP contribution in [0.4, 0.5) is 5.82 Å². The molecule has 0 bridgehead atoms. The van der Waals surface area contributed by atoms with Gasteiger partial charge in [-0.1, -0.05) is 71.2 Å². The van der Waals surface area contributed by atoms with E-state index in [4.69, 9.17) is 10.5 Å². The van der Waals surface area contributed by atoms with E-state index in [-0.39, 0.29) is 48.7 Å². The Morgan fingerprint density at radius 1 is 0.836 bits per heavy atom. The molecule has 1 fully saturated rings. The summed E-state index contributed by atoms with van der Waals surface area (Å²) in [5.41, 5.74) is 5.22. The lowest BCUT2D eigenvalue weighted by atomic mass is 9.81. The van der Waals surface area contributed by atoms with Crippen molar-refractivity contribution in [3.8, 4) is 0 Å². The second kappa shape index (κ2) is 26.1. The van der Waals surface area contributed by atoms with E-state index in [0.29, 0.717) is 12.8 Å². The van der Waals surface area contributed by atoms with Crippen LogP contribution in [0.1, 0.15) is 117 Å². The number of Topliss-reactive ketones (excluding diaryl/α,β-unsaturated/α-hetero) is 1. The second-order valence-electron chi connectivity index (χ2n) is 19.8. The molecule has 2 amide bonds. The summed E-state index contributed by atoms with van der Waals surface area (Å²) in [4.78, 5) is 110. The normalized spacial score (nSPS) is 19.8. The Hall–Kier alpha value is -4.10. The van der Waals surface area contributed by atoms with E-state index in [1.54, 1.807) is 13.8 Å². The molecular formula is C44H66N7O19P3-4. The topological polar surface area (TPSA) is 412 Å². The summed E-state index contributed by atoms with van der Waals surface area (Å²) >= 11 is 0. The molecule has 4 rings (SSSR count). The molecule has 1 aliphatic heterocycles. The number of aryl methyl sites for hydroxylation is 2. The Bertz CT molecular complexity index is 2520. The van der Waals surface area contributed by atoms with Crippen LogP contribution in [-0.2, 0) is 68.3 Å². The number of unbranched alkanes of at least 4 members (excludes halogenated alkanes) is 3. The van der Waals surface area contributed by atoms with Crippen molar-refractivity contribution in [3.05, 3.63) is 48.0 Å². The van der Waals surface area contributed by atoms with Crippen molar-refractivity contribution >= 4 is 64.0 Å². The molecular weight excluding hydrogens is 1020 g/mol. The number of fused-ring (bicyclic) bond motifs is 1. The van der Waals surface area contributed by atoms with Crippen molar-refractivity contribution in [2.75, 3.05) is 32.0 Å². The minimum Gasteiger partial charge on any atom is -0.790 e. The first-order chi connectivity index (χ1) is 33.8. The van der Waals surface area contributed by atoms with E-state index in [1.165, 1.54) is 25.0 Å². The van der Waals surface area contributed by atoms with Gasteiger partial charge in [0, 0.05) is 36.8 Å². The number of nitrogens with two attached hydrogens (primary N) is 1. The number of carbonyl (C=O) groups is 4. The van der Waals surface area contributed by atoms with Crippen molar-refractivity contribution in [1.29, 1.82) is 0 Å². The fourth-order valence-electron chi connectivity index (χ4n) is 7.80. The molecule has 0 radical (unpaired) electrons. The number of phosphoric ester groups is 3. The van der Waals surface area contributed by atoms with Gasteiger partial charge in [0.25, 0.3) is 15.6 Å². The number of aliphatic carboxylic acids is 1. The Morgan fingerprint density at radius 3 is 2.05 bits per heavy atom. The molecule has 7 N–H and O–H groups in total. The van der Waals surface area contributed by atoms with Crippen LogP contribution in [0.25, 0.3) is 11.2 Å². The average Bonchev–Trinajstić information content (AvgIpc) is 3.86. The number of rotatable bonds is 32. The second-order valence-corrected chi connectivity index (χ2v) is 23.8. The van der Waals surface area contributed by atoms with Crippen LogP contribution < -0.4 is 35.9 Å². The van der Waals surface area contributed by atoms with E-state index in [2.05, 4.69) is 55.6 Å². The van der Waals surface area contributed by atoms with Gasteiger partial charge in [-0.05, 0) is 63.5 Å². The number of nitrogen functional groups attached to an aromatic ring is 1. The van der Waals surface area contributed by atoms with Gasteiger partial charge in [-0.15, -0.1) is 0 Å². The number of aliphatic hydroxyl groups excluding tert-OH is 2. The molecule has 7 unspecified atom stereocenters. The van der Waals surface area contributed by atoms with Gasteiger partial charge < -0.3 is 74.1 Å². The van der Waals surface area contributed by atoms with Crippen LogP contribution in [0.5, 0.6) is 0 Å². The fraction of sp³-hybridized carbons (Fsp3) is 0.659. The number of carbonyl (C=O) groups excluding carboxylic acids is 3. The molecule has 0 aliphatic carbocycles. The molecule has 2 aromatic heterocycles. The first-order valence-corrected chi connectivity index (χ1v) is 27.9. The van der Waals surface area contributed by atoms with Crippen molar-refractivity contribution in [2.24, 2.45) is 16.2 Å². The van der Waals surface area contributed by atoms with Gasteiger partial charge in [0.15, 0.2) is 17.7 Å². The minimum absolute atomic E-state index is 0.0269. The minimum atomic E-state index is -5.94. The lowest BCUT2D eigenvalue weighted by molar-refractivity contribution is -0.347. The number of imidazole rings is 1. The molecule has 29 heteroatoms. The third-order valence-electron chi connectivity index (χ3n) is 12.4. The number of carboxylic acids is 1. The fourth-order valence-corrected chi connectivity index (χ4v) is 10.5. The maximum Gasteiger partial charge on any atom is 0.309 e. The average molecular weight is 1090 g/mol. The summed E-state index contributed by atoms with van der Waals surface area (Å²) in [6, 6.07) is 8.27. The van der Waals surface area contributed by atoms with Crippen LogP contribution in [0.15, 0.2) is 36.9 Å². The van der Waals surface area contributed by atoms with E-state index in [1.807, 2.05) is 26.0 Å². The quantitative estimate of drug-likeness (QED) is 0.0381. The van der Waals surface area contributed by atoms with Gasteiger partial charge >= 0.3 is 5.97 Å². The highest BCUT2D eigenvalue weighted by Crippen LogP contribution is 2.56. The number of amides is 2. The van der Waals surface area contributed by atoms with Gasteiger partial charge in [0.05, 0.1) is 32.8 Å². The number of aliphatic hydroxyl groups is 2. The summed E-state index contributed by atoms with van der Waals surface area (Å²) in [6.07, 6.45) is -0.147. The first kappa shape index (κ1) is 61.4. The number of nitrogens with zero attached hydrogens (tertiary/aromatic N) is 4. The van der Waals surface area contributed by atoms with Crippen LogP contribution in [0, 0.1) is 16.2 Å². The van der Waals surface area contributed by atoms with Gasteiger partial charge in [-0.2, -0.15) is 0 Å². The third kappa shape index (κ3) is 18.9. The number of benzene rings is 1. The smallest absolute Gasteiger partial charge is 0.309 e. The Labute approximate surface area is 422 Å². The van der Waals surface area contributed by atoms with E-state index >= 15 is 0 Å². The van der Waals surface area contributed by atoms with Crippen molar-refractivity contribution < 1.29 is 90.4 Å². The van der Waals surface area contributed by atoms with Crippen molar-refractivity contribution in [1.82, 2.24) is 30.2 Å². The van der Waals surface area contributed by atoms with Gasteiger partial charge in [-0.25, -0.2) is 19.3 Å². The molecule has 73 heavy (non-hydrogen) atoms. The highest BCUT2D eigenvalue weighted by molar-refractivity contribution is 7.59. The molecule has 410 valence electrons. The highest BCUT2D eigenvalue weighted by Gasteiger charge is 2.47. The zero-order valence-corrected chi connectivity index (χ0v) is 44.2.